The Kier molecular flexibility index (Phi) is 6.00. The molecule has 0 bridgehead atoms. The Morgan fingerprint density at radius 2 is 2.06 bits per heavy atom. The largest absolute Gasteiger partial charge is 0.375 e. The van der Waals surface area contributed by atoms with E-state index < -0.39 is 0 Å². The quantitative estimate of drug-likeness (QED) is 0.855. The average molecular weight is 299 g/mol. The molecule has 0 aliphatic heterocycles. The standard InChI is InChI=1S/C14H23BrN2/c1-5-9-16-11(3)13-10-12(15)7-8-14(13)17(4)6-2/h7-8,10-11,16H,5-6,9H2,1-4H3. The van der Waals surface area contributed by atoms with Crippen LogP contribution in [0.2, 0.25) is 0 Å². The minimum Gasteiger partial charge on any atom is -0.375 e. The van der Waals surface area contributed by atoms with Gasteiger partial charge in [-0.2, -0.15) is 0 Å². The van der Waals surface area contributed by atoms with Gasteiger partial charge in [0, 0.05) is 29.8 Å². The van der Waals surface area contributed by atoms with E-state index in [-0.39, 0.29) is 0 Å². The summed E-state index contributed by atoms with van der Waals surface area (Å²) < 4.78 is 1.14. The second-order valence-electron chi connectivity index (χ2n) is 4.39. The molecule has 1 rings (SSSR count). The molecule has 17 heavy (non-hydrogen) atoms. The zero-order valence-corrected chi connectivity index (χ0v) is 12.8. The summed E-state index contributed by atoms with van der Waals surface area (Å²) >= 11 is 3.56. The SMILES string of the molecule is CCCNC(C)c1cc(Br)ccc1N(C)CC. The van der Waals surface area contributed by atoms with Gasteiger partial charge in [-0.15, -0.1) is 0 Å². The van der Waals surface area contributed by atoms with E-state index >= 15 is 0 Å². The summed E-state index contributed by atoms with van der Waals surface area (Å²) in [5.74, 6) is 0. The second kappa shape index (κ2) is 7.02. The summed E-state index contributed by atoms with van der Waals surface area (Å²) in [6, 6.07) is 6.90. The number of nitrogens with zero attached hydrogens (tertiary/aromatic N) is 1. The number of benzene rings is 1. The summed E-state index contributed by atoms with van der Waals surface area (Å²) in [6.07, 6.45) is 1.16. The summed E-state index contributed by atoms with van der Waals surface area (Å²) in [5.41, 5.74) is 2.67. The molecular formula is C14H23BrN2. The van der Waals surface area contributed by atoms with Gasteiger partial charge in [0.15, 0.2) is 0 Å². The van der Waals surface area contributed by atoms with E-state index in [1.165, 1.54) is 11.3 Å². The fourth-order valence-electron chi connectivity index (χ4n) is 1.86. The van der Waals surface area contributed by atoms with Crippen LogP contribution in [0.3, 0.4) is 0 Å². The highest BCUT2D eigenvalue weighted by Gasteiger charge is 2.12. The Morgan fingerprint density at radius 1 is 1.35 bits per heavy atom. The maximum atomic E-state index is 3.56. The monoisotopic (exact) mass is 298 g/mol. The van der Waals surface area contributed by atoms with Crippen LogP contribution in [0.5, 0.6) is 0 Å². The number of halogens is 1. The van der Waals surface area contributed by atoms with Gasteiger partial charge in [-0.1, -0.05) is 22.9 Å². The molecule has 2 nitrogen and oxygen atoms in total. The molecule has 1 aromatic rings. The molecule has 0 fully saturated rings. The highest BCUT2D eigenvalue weighted by Crippen LogP contribution is 2.28. The van der Waals surface area contributed by atoms with E-state index in [9.17, 15) is 0 Å². The second-order valence-corrected chi connectivity index (χ2v) is 5.31. The van der Waals surface area contributed by atoms with Crippen molar-refractivity contribution < 1.29 is 0 Å². The lowest BCUT2D eigenvalue weighted by molar-refractivity contribution is 0.570. The molecule has 0 amide bonds. The van der Waals surface area contributed by atoms with Gasteiger partial charge in [0.1, 0.15) is 0 Å². The van der Waals surface area contributed by atoms with Gasteiger partial charge in [0.25, 0.3) is 0 Å². The van der Waals surface area contributed by atoms with Gasteiger partial charge in [0.05, 0.1) is 0 Å². The Hall–Kier alpha value is -0.540. The van der Waals surface area contributed by atoms with Crippen LogP contribution in [-0.4, -0.2) is 20.1 Å². The Bertz CT molecular complexity index is 352. The highest BCUT2D eigenvalue weighted by atomic mass is 79.9. The van der Waals surface area contributed by atoms with E-state index in [0.717, 1.165) is 24.0 Å². The molecule has 0 spiro atoms. The van der Waals surface area contributed by atoms with Gasteiger partial charge in [-0.3, -0.25) is 0 Å². The molecule has 0 saturated heterocycles. The van der Waals surface area contributed by atoms with E-state index in [2.05, 4.69) is 72.2 Å². The van der Waals surface area contributed by atoms with Crippen LogP contribution in [0.4, 0.5) is 5.69 Å². The van der Waals surface area contributed by atoms with Crippen molar-refractivity contribution in [2.45, 2.75) is 33.2 Å². The van der Waals surface area contributed by atoms with Crippen molar-refractivity contribution in [2.24, 2.45) is 0 Å². The lowest BCUT2D eigenvalue weighted by Gasteiger charge is -2.25. The van der Waals surface area contributed by atoms with E-state index in [4.69, 9.17) is 0 Å². The van der Waals surface area contributed by atoms with Crippen molar-refractivity contribution in [1.82, 2.24) is 5.32 Å². The molecule has 0 aromatic heterocycles. The molecule has 0 aliphatic carbocycles. The maximum absolute atomic E-state index is 3.56. The van der Waals surface area contributed by atoms with Crippen molar-refractivity contribution >= 4 is 21.6 Å². The number of hydrogen-bond acceptors (Lipinski definition) is 2. The van der Waals surface area contributed by atoms with Crippen molar-refractivity contribution in [3.05, 3.63) is 28.2 Å². The number of rotatable bonds is 6. The third-order valence-corrected chi connectivity index (χ3v) is 3.54. The van der Waals surface area contributed by atoms with Crippen LogP contribution in [0, 0.1) is 0 Å². The Morgan fingerprint density at radius 3 is 2.65 bits per heavy atom. The fraction of sp³-hybridized carbons (Fsp3) is 0.571. The summed E-state index contributed by atoms with van der Waals surface area (Å²) in [7, 11) is 2.14. The predicted octanol–water partition coefficient (Wildman–Crippen LogP) is 3.97. The summed E-state index contributed by atoms with van der Waals surface area (Å²) in [5, 5.41) is 3.55. The first-order valence-electron chi connectivity index (χ1n) is 6.34. The zero-order chi connectivity index (χ0) is 12.8. The van der Waals surface area contributed by atoms with Crippen LogP contribution in [0.25, 0.3) is 0 Å². The maximum Gasteiger partial charge on any atom is 0.0412 e. The van der Waals surface area contributed by atoms with E-state index in [1.54, 1.807) is 0 Å². The van der Waals surface area contributed by atoms with Gasteiger partial charge in [-0.05, 0) is 50.6 Å². The zero-order valence-electron chi connectivity index (χ0n) is 11.3. The van der Waals surface area contributed by atoms with Crippen LogP contribution >= 0.6 is 15.9 Å². The Labute approximate surface area is 114 Å². The summed E-state index contributed by atoms with van der Waals surface area (Å²) in [6.45, 7) is 8.68. The molecule has 1 N–H and O–H groups in total. The van der Waals surface area contributed by atoms with Crippen molar-refractivity contribution in [3.63, 3.8) is 0 Å². The van der Waals surface area contributed by atoms with Gasteiger partial charge in [0.2, 0.25) is 0 Å². The normalized spacial score (nSPS) is 12.5. The number of anilines is 1. The number of nitrogens with one attached hydrogen (secondary N) is 1. The van der Waals surface area contributed by atoms with Gasteiger partial charge >= 0.3 is 0 Å². The molecule has 1 atom stereocenters. The molecule has 0 aliphatic rings. The first-order valence-corrected chi connectivity index (χ1v) is 7.13. The summed E-state index contributed by atoms with van der Waals surface area (Å²) in [4.78, 5) is 2.28. The van der Waals surface area contributed by atoms with Crippen molar-refractivity contribution in [2.75, 3.05) is 25.0 Å². The third kappa shape index (κ3) is 4.00. The van der Waals surface area contributed by atoms with Crippen LogP contribution < -0.4 is 10.2 Å². The topological polar surface area (TPSA) is 15.3 Å². The van der Waals surface area contributed by atoms with Gasteiger partial charge < -0.3 is 10.2 Å². The van der Waals surface area contributed by atoms with Crippen LogP contribution in [0.15, 0.2) is 22.7 Å². The third-order valence-electron chi connectivity index (χ3n) is 3.04. The van der Waals surface area contributed by atoms with Crippen molar-refractivity contribution in [1.29, 1.82) is 0 Å². The predicted molar refractivity (Wildman–Crippen MR) is 79.8 cm³/mol. The molecule has 1 unspecified atom stereocenters. The van der Waals surface area contributed by atoms with E-state index in [0.29, 0.717) is 6.04 Å². The fourth-order valence-corrected chi connectivity index (χ4v) is 2.24. The highest BCUT2D eigenvalue weighted by molar-refractivity contribution is 9.10. The number of hydrogen-bond donors (Lipinski definition) is 1. The minimum atomic E-state index is 0.386. The first-order chi connectivity index (χ1) is 8.10. The Balaban J connectivity index is 2.97. The average Bonchev–Trinajstić information content (AvgIpc) is 2.34. The smallest absolute Gasteiger partial charge is 0.0412 e. The molecule has 0 heterocycles. The van der Waals surface area contributed by atoms with Gasteiger partial charge in [-0.25, -0.2) is 0 Å². The molecule has 0 saturated carbocycles. The molecule has 3 heteroatoms. The van der Waals surface area contributed by atoms with Crippen LogP contribution in [-0.2, 0) is 0 Å². The lowest BCUT2D eigenvalue weighted by Crippen LogP contribution is -2.24. The van der Waals surface area contributed by atoms with E-state index in [1.807, 2.05) is 0 Å². The molecule has 0 radical (unpaired) electrons. The van der Waals surface area contributed by atoms with Crippen LogP contribution in [0.1, 0.15) is 38.8 Å². The first kappa shape index (κ1) is 14.5. The molecule has 96 valence electrons. The van der Waals surface area contributed by atoms with Crippen molar-refractivity contribution in [3.8, 4) is 0 Å². The minimum absolute atomic E-state index is 0.386. The molecular weight excluding hydrogens is 276 g/mol. The molecule has 1 aromatic carbocycles. The lowest BCUT2D eigenvalue weighted by atomic mass is 10.1.